The summed E-state index contributed by atoms with van der Waals surface area (Å²) in [5.41, 5.74) is 3.52. The second-order valence-corrected chi connectivity index (χ2v) is 5.34. The van der Waals surface area contributed by atoms with E-state index >= 15 is 0 Å². The minimum absolute atomic E-state index is 0.0164. The summed E-state index contributed by atoms with van der Waals surface area (Å²) in [6, 6.07) is 6.17. The molecule has 1 aromatic rings. The predicted octanol–water partition coefficient (Wildman–Crippen LogP) is 1.34. The van der Waals surface area contributed by atoms with Crippen LogP contribution in [0.1, 0.15) is 29.7 Å². The fourth-order valence-electron chi connectivity index (χ4n) is 2.42. The average Bonchev–Trinajstić information content (AvgIpc) is 2.45. The lowest BCUT2D eigenvalue weighted by Crippen LogP contribution is -2.49. The molecule has 114 valence electrons. The van der Waals surface area contributed by atoms with Crippen molar-refractivity contribution >= 4 is 11.8 Å². The molecule has 2 rings (SSSR count). The number of imide groups is 1. The maximum Gasteiger partial charge on any atom is 0.255 e. The quantitative estimate of drug-likeness (QED) is 0.831. The fourth-order valence-corrected chi connectivity index (χ4v) is 2.42. The van der Waals surface area contributed by atoms with E-state index in [1.165, 1.54) is 16.0 Å². The average molecular weight is 290 g/mol. The molecule has 0 spiro atoms. The Balaban J connectivity index is 2.20. The van der Waals surface area contributed by atoms with Gasteiger partial charge in [0.2, 0.25) is 0 Å². The third-order valence-electron chi connectivity index (χ3n) is 3.80. The molecule has 1 aromatic carbocycles. The monoisotopic (exact) mass is 290 g/mol. The molecule has 5 nitrogen and oxygen atoms in total. The van der Waals surface area contributed by atoms with Crippen molar-refractivity contribution in [3.05, 3.63) is 34.9 Å². The number of nitrogens with one attached hydrogen (secondary N) is 1. The number of carbonyl (C=O) groups excluding carboxylic acids is 2. The Bertz CT molecular complexity index is 526. The van der Waals surface area contributed by atoms with Gasteiger partial charge >= 0.3 is 0 Å². The van der Waals surface area contributed by atoms with Crippen LogP contribution in [0.2, 0.25) is 0 Å². The summed E-state index contributed by atoms with van der Waals surface area (Å²) >= 11 is 0. The molecule has 1 N–H and O–H groups in total. The van der Waals surface area contributed by atoms with Crippen molar-refractivity contribution in [2.75, 3.05) is 26.3 Å². The lowest BCUT2D eigenvalue weighted by Gasteiger charge is -2.29. The molecule has 0 saturated carbocycles. The summed E-state index contributed by atoms with van der Waals surface area (Å²) in [7, 11) is 0. The molecule has 1 aliphatic rings. The molecule has 0 aliphatic carbocycles. The number of hydrogen-bond donors (Lipinski definition) is 1. The van der Waals surface area contributed by atoms with Crippen molar-refractivity contribution in [3.8, 4) is 0 Å². The summed E-state index contributed by atoms with van der Waals surface area (Å²) in [6.45, 7) is 7.22. The van der Waals surface area contributed by atoms with Gasteiger partial charge in [0.1, 0.15) is 13.2 Å². The number of likely N-dealkylation sites (N-methyl/N-ethyl adjacent to an activating group) is 1. The number of nitrogens with zero attached hydrogens (tertiary/aromatic N) is 1. The van der Waals surface area contributed by atoms with E-state index in [1.54, 1.807) is 0 Å². The van der Waals surface area contributed by atoms with Crippen molar-refractivity contribution in [1.82, 2.24) is 10.2 Å². The third kappa shape index (κ3) is 3.68. The molecule has 0 radical (unpaired) electrons. The first-order valence-corrected chi connectivity index (χ1v) is 7.24. The van der Waals surface area contributed by atoms with Gasteiger partial charge in [0.15, 0.2) is 0 Å². The molecule has 1 heterocycles. The molecule has 1 aliphatic heterocycles. The highest BCUT2D eigenvalue weighted by Gasteiger charge is 2.29. The second-order valence-electron chi connectivity index (χ2n) is 5.34. The van der Waals surface area contributed by atoms with Gasteiger partial charge < -0.3 is 10.1 Å². The van der Waals surface area contributed by atoms with Crippen LogP contribution in [0.3, 0.4) is 0 Å². The molecule has 21 heavy (non-hydrogen) atoms. The highest BCUT2D eigenvalue weighted by molar-refractivity contribution is 5.98. The Morgan fingerprint density at radius 1 is 1.19 bits per heavy atom. The number of rotatable bonds is 5. The Morgan fingerprint density at radius 3 is 2.43 bits per heavy atom. The maximum atomic E-state index is 11.8. The van der Waals surface area contributed by atoms with Crippen LogP contribution in [-0.4, -0.2) is 43.0 Å². The van der Waals surface area contributed by atoms with E-state index in [0.29, 0.717) is 6.54 Å². The molecular formula is C16H22N2O3. The van der Waals surface area contributed by atoms with Crippen LogP contribution in [0.5, 0.6) is 0 Å². The van der Waals surface area contributed by atoms with Crippen LogP contribution in [0.4, 0.5) is 0 Å². The standard InChI is InChI=1S/C16H22N2O3/c1-4-17-14(13-6-5-11(2)12(3)7-13)8-18-15(19)9-21-10-16(18)20/h5-7,14,17H,4,8-10H2,1-3H3. The lowest BCUT2D eigenvalue weighted by atomic mass is 10.0. The number of morpholine rings is 1. The van der Waals surface area contributed by atoms with E-state index in [1.807, 2.05) is 13.0 Å². The van der Waals surface area contributed by atoms with Gasteiger partial charge in [-0.2, -0.15) is 0 Å². The molecule has 1 unspecified atom stereocenters. The molecule has 1 fully saturated rings. The predicted molar refractivity (Wildman–Crippen MR) is 79.9 cm³/mol. The Labute approximate surface area is 125 Å². The van der Waals surface area contributed by atoms with Crippen molar-refractivity contribution in [1.29, 1.82) is 0 Å². The van der Waals surface area contributed by atoms with Crippen molar-refractivity contribution in [3.63, 3.8) is 0 Å². The first-order valence-electron chi connectivity index (χ1n) is 7.24. The minimum Gasteiger partial charge on any atom is -0.362 e. The van der Waals surface area contributed by atoms with Gasteiger partial charge in [0.25, 0.3) is 11.8 Å². The molecule has 0 aromatic heterocycles. The van der Waals surface area contributed by atoms with Crippen LogP contribution in [0.15, 0.2) is 18.2 Å². The molecular weight excluding hydrogens is 268 g/mol. The summed E-state index contributed by atoms with van der Waals surface area (Å²) in [4.78, 5) is 25.0. The summed E-state index contributed by atoms with van der Waals surface area (Å²) in [5, 5.41) is 3.35. The van der Waals surface area contributed by atoms with Crippen LogP contribution >= 0.6 is 0 Å². The third-order valence-corrected chi connectivity index (χ3v) is 3.80. The molecule has 1 saturated heterocycles. The molecule has 1 atom stereocenters. The number of hydrogen-bond acceptors (Lipinski definition) is 4. The largest absolute Gasteiger partial charge is 0.362 e. The van der Waals surface area contributed by atoms with Crippen LogP contribution < -0.4 is 5.32 Å². The van der Waals surface area contributed by atoms with E-state index in [9.17, 15) is 9.59 Å². The van der Waals surface area contributed by atoms with Gasteiger partial charge in [0, 0.05) is 6.54 Å². The smallest absolute Gasteiger partial charge is 0.255 e. The molecule has 5 heteroatoms. The Morgan fingerprint density at radius 2 is 1.86 bits per heavy atom. The number of ether oxygens (including phenoxy) is 1. The fraction of sp³-hybridized carbons (Fsp3) is 0.500. The van der Waals surface area contributed by atoms with Crippen molar-refractivity contribution < 1.29 is 14.3 Å². The van der Waals surface area contributed by atoms with Gasteiger partial charge in [0.05, 0.1) is 6.04 Å². The number of benzene rings is 1. The lowest BCUT2D eigenvalue weighted by molar-refractivity contribution is -0.158. The highest BCUT2D eigenvalue weighted by atomic mass is 16.5. The Hall–Kier alpha value is -1.72. The van der Waals surface area contributed by atoms with Gasteiger partial charge in [-0.1, -0.05) is 25.1 Å². The summed E-state index contributed by atoms with van der Waals surface area (Å²) < 4.78 is 4.95. The van der Waals surface area contributed by atoms with Crippen LogP contribution in [-0.2, 0) is 14.3 Å². The van der Waals surface area contributed by atoms with E-state index in [-0.39, 0.29) is 31.1 Å². The van der Waals surface area contributed by atoms with E-state index in [2.05, 4.69) is 31.3 Å². The zero-order chi connectivity index (χ0) is 15.4. The normalized spacial score (nSPS) is 17.2. The second kappa shape index (κ2) is 6.83. The number of aryl methyl sites for hydroxylation is 2. The van der Waals surface area contributed by atoms with Crippen LogP contribution in [0, 0.1) is 13.8 Å². The first-order chi connectivity index (χ1) is 10.0. The highest BCUT2D eigenvalue weighted by Crippen LogP contribution is 2.19. The maximum absolute atomic E-state index is 11.8. The van der Waals surface area contributed by atoms with E-state index < -0.39 is 0 Å². The van der Waals surface area contributed by atoms with Gasteiger partial charge in [-0.25, -0.2) is 0 Å². The number of amides is 2. The minimum atomic E-state index is -0.266. The number of carbonyl (C=O) groups is 2. The Kier molecular flexibility index (Phi) is 5.09. The van der Waals surface area contributed by atoms with Gasteiger partial charge in [-0.05, 0) is 37.1 Å². The van der Waals surface area contributed by atoms with Gasteiger partial charge in [-0.15, -0.1) is 0 Å². The van der Waals surface area contributed by atoms with Crippen LogP contribution in [0.25, 0.3) is 0 Å². The van der Waals surface area contributed by atoms with E-state index in [4.69, 9.17) is 4.74 Å². The van der Waals surface area contributed by atoms with E-state index in [0.717, 1.165) is 12.1 Å². The summed E-state index contributed by atoms with van der Waals surface area (Å²) in [5.74, 6) is -0.532. The molecule has 0 bridgehead atoms. The first kappa shape index (κ1) is 15.7. The topological polar surface area (TPSA) is 58.6 Å². The van der Waals surface area contributed by atoms with Crippen molar-refractivity contribution in [2.45, 2.75) is 26.8 Å². The molecule has 2 amide bonds. The van der Waals surface area contributed by atoms with Crippen molar-refractivity contribution in [2.24, 2.45) is 0 Å². The van der Waals surface area contributed by atoms with Gasteiger partial charge in [-0.3, -0.25) is 14.5 Å². The zero-order valence-electron chi connectivity index (χ0n) is 12.8. The summed E-state index contributed by atoms with van der Waals surface area (Å²) in [6.07, 6.45) is 0. The zero-order valence-corrected chi connectivity index (χ0v) is 12.8. The SMILES string of the molecule is CCNC(CN1C(=O)COCC1=O)c1ccc(C)c(C)c1.